The van der Waals surface area contributed by atoms with E-state index in [1.54, 1.807) is 12.1 Å². The first-order chi connectivity index (χ1) is 17.5. The number of rotatable bonds is 6. The van der Waals surface area contributed by atoms with Crippen LogP contribution in [0.5, 0.6) is 5.75 Å². The van der Waals surface area contributed by atoms with Crippen molar-refractivity contribution in [2.45, 2.75) is 51.3 Å². The number of nitrogens with zero attached hydrogens (tertiary/aromatic N) is 4. The SMILES string of the molecule is CN[C@H]1CCN(C(=O)N[C@H]2CCc3c(-c4noc(-c5ccc(OC(C)C)c(C#N)c5)n4)cccc32)C1. The van der Waals surface area contributed by atoms with Crippen molar-refractivity contribution in [3.05, 3.63) is 53.1 Å². The number of aromatic nitrogens is 2. The topological polar surface area (TPSA) is 116 Å². The van der Waals surface area contributed by atoms with Gasteiger partial charge >= 0.3 is 6.03 Å². The third kappa shape index (κ3) is 4.64. The second kappa shape index (κ2) is 9.99. The van der Waals surface area contributed by atoms with E-state index in [4.69, 9.17) is 9.26 Å². The molecule has 2 N–H and O–H groups in total. The summed E-state index contributed by atoms with van der Waals surface area (Å²) in [5.74, 6) is 1.36. The Balaban J connectivity index is 1.35. The molecule has 0 bridgehead atoms. The number of benzene rings is 2. The molecule has 9 heteroatoms. The second-order valence-electron chi connectivity index (χ2n) is 9.55. The Morgan fingerprint density at radius 1 is 1.28 bits per heavy atom. The summed E-state index contributed by atoms with van der Waals surface area (Å²) in [6.07, 6.45) is 2.58. The van der Waals surface area contributed by atoms with Gasteiger partial charge in [0.2, 0.25) is 5.82 Å². The summed E-state index contributed by atoms with van der Waals surface area (Å²) in [6, 6.07) is 13.7. The second-order valence-corrected chi connectivity index (χ2v) is 9.55. The molecule has 186 valence electrons. The van der Waals surface area contributed by atoms with Crippen molar-refractivity contribution in [2.24, 2.45) is 0 Å². The van der Waals surface area contributed by atoms with Gasteiger partial charge in [-0.1, -0.05) is 23.4 Å². The van der Waals surface area contributed by atoms with Gasteiger partial charge in [0.1, 0.15) is 11.8 Å². The molecule has 5 rings (SSSR count). The fraction of sp³-hybridized carbons (Fsp3) is 0.407. The van der Waals surface area contributed by atoms with Gasteiger partial charge in [0.15, 0.2) is 0 Å². The molecule has 0 radical (unpaired) electrons. The van der Waals surface area contributed by atoms with E-state index in [0.29, 0.717) is 34.6 Å². The molecule has 0 spiro atoms. The molecule has 0 unspecified atom stereocenters. The van der Waals surface area contributed by atoms with Crippen LogP contribution in [0, 0.1) is 11.3 Å². The zero-order chi connectivity index (χ0) is 25.2. The Morgan fingerprint density at radius 3 is 2.89 bits per heavy atom. The molecule has 2 atom stereocenters. The van der Waals surface area contributed by atoms with Gasteiger partial charge in [0.25, 0.3) is 5.89 Å². The predicted molar refractivity (Wildman–Crippen MR) is 134 cm³/mol. The van der Waals surface area contributed by atoms with Crippen molar-refractivity contribution in [1.29, 1.82) is 5.26 Å². The molecule has 2 aromatic carbocycles. The number of carbonyl (C=O) groups excluding carboxylic acids is 1. The fourth-order valence-electron chi connectivity index (χ4n) is 4.99. The molecule has 1 aliphatic carbocycles. The third-order valence-corrected chi connectivity index (χ3v) is 6.83. The summed E-state index contributed by atoms with van der Waals surface area (Å²) < 4.78 is 11.3. The molecular weight excluding hydrogens is 456 g/mol. The van der Waals surface area contributed by atoms with Crippen LogP contribution in [0.2, 0.25) is 0 Å². The molecule has 1 saturated heterocycles. The number of hydrogen-bond donors (Lipinski definition) is 2. The zero-order valence-corrected chi connectivity index (χ0v) is 20.7. The average molecular weight is 487 g/mol. The number of nitriles is 1. The summed E-state index contributed by atoms with van der Waals surface area (Å²) in [5.41, 5.74) is 4.20. The molecule has 1 aliphatic heterocycles. The number of amides is 2. The van der Waals surface area contributed by atoms with Crippen LogP contribution >= 0.6 is 0 Å². The van der Waals surface area contributed by atoms with E-state index >= 15 is 0 Å². The normalized spacial score (nSPS) is 18.8. The lowest BCUT2D eigenvalue weighted by molar-refractivity contribution is 0.203. The Labute approximate surface area is 210 Å². The van der Waals surface area contributed by atoms with Crippen LogP contribution in [0.15, 0.2) is 40.9 Å². The lowest BCUT2D eigenvalue weighted by atomic mass is 10.0. The van der Waals surface area contributed by atoms with Gasteiger partial charge in [-0.25, -0.2) is 4.79 Å². The lowest BCUT2D eigenvalue weighted by Crippen LogP contribution is -2.41. The smallest absolute Gasteiger partial charge is 0.317 e. The van der Waals surface area contributed by atoms with Crippen molar-refractivity contribution in [3.63, 3.8) is 0 Å². The van der Waals surface area contributed by atoms with Gasteiger partial charge < -0.3 is 24.8 Å². The van der Waals surface area contributed by atoms with Crippen LogP contribution in [-0.4, -0.2) is 53.4 Å². The Kier molecular flexibility index (Phi) is 6.61. The van der Waals surface area contributed by atoms with Gasteiger partial charge in [0.05, 0.1) is 17.7 Å². The molecule has 2 amide bonds. The summed E-state index contributed by atoms with van der Waals surface area (Å²) in [5, 5.41) is 20.2. The Hall–Kier alpha value is -3.90. The summed E-state index contributed by atoms with van der Waals surface area (Å²) in [7, 11) is 1.93. The van der Waals surface area contributed by atoms with E-state index in [-0.39, 0.29) is 18.2 Å². The van der Waals surface area contributed by atoms with E-state index in [9.17, 15) is 10.1 Å². The van der Waals surface area contributed by atoms with Crippen LogP contribution in [0.4, 0.5) is 4.79 Å². The minimum absolute atomic E-state index is 0.0176. The minimum atomic E-state index is -0.0425. The van der Waals surface area contributed by atoms with Crippen molar-refractivity contribution >= 4 is 6.03 Å². The molecule has 0 saturated carbocycles. The van der Waals surface area contributed by atoms with Crippen LogP contribution in [-0.2, 0) is 6.42 Å². The summed E-state index contributed by atoms with van der Waals surface area (Å²) in [4.78, 5) is 19.3. The molecule has 1 aromatic heterocycles. The quantitative estimate of drug-likeness (QED) is 0.540. The summed E-state index contributed by atoms with van der Waals surface area (Å²) in [6.45, 7) is 5.32. The van der Waals surface area contributed by atoms with Gasteiger partial charge in [-0.2, -0.15) is 10.2 Å². The standard InChI is InChI=1S/C27H30N6O3/c1-16(2)35-24-10-7-17(13-18(24)14-28)26-31-25(32-36-26)22-6-4-5-21-20(22)8-9-23(21)30-27(34)33-12-11-19(15-33)29-3/h4-7,10,13,16,19,23,29H,8-9,11-12,15H2,1-3H3,(H,30,34)/t19-,23-/m0/s1. The largest absolute Gasteiger partial charge is 0.490 e. The number of fused-ring (bicyclic) bond motifs is 1. The van der Waals surface area contributed by atoms with E-state index in [1.807, 2.05) is 44.0 Å². The van der Waals surface area contributed by atoms with Crippen LogP contribution in [0.3, 0.4) is 0 Å². The molecule has 3 aromatic rings. The maximum atomic E-state index is 12.8. The molecular formula is C27H30N6O3. The van der Waals surface area contributed by atoms with Crippen molar-refractivity contribution < 1.29 is 14.1 Å². The highest BCUT2D eigenvalue weighted by molar-refractivity contribution is 5.76. The van der Waals surface area contributed by atoms with E-state index < -0.39 is 0 Å². The number of urea groups is 1. The third-order valence-electron chi connectivity index (χ3n) is 6.83. The molecule has 36 heavy (non-hydrogen) atoms. The fourth-order valence-corrected chi connectivity index (χ4v) is 4.99. The van der Waals surface area contributed by atoms with Gasteiger partial charge in [-0.3, -0.25) is 0 Å². The zero-order valence-electron chi connectivity index (χ0n) is 20.7. The van der Waals surface area contributed by atoms with E-state index in [1.165, 1.54) is 0 Å². The average Bonchev–Trinajstić information content (AvgIpc) is 3.64. The van der Waals surface area contributed by atoms with Gasteiger partial charge in [0, 0.05) is 30.3 Å². The highest BCUT2D eigenvalue weighted by atomic mass is 16.5. The Morgan fingerprint density at radius 2 is 2.14 bits per heavy atom. The Bertz CT molecular complexity index is 1310. The number of hydrogen-bond acceptors (Lipinski definition) is 7. The van der Waals surface area contributed by atoms with Crippen LogP contribution in [0.1, 0.15) is 49.4 Å². The predicted octanol–water partition coefficient (Wildman–Crippen LogP) is 4.05. The number of carbonyl (C=O) groups is 1. The minimum Gasteiger partial charge on any atom is -0.490 e. The number of likely N-dealkylation sites (tertiary alicyclic amines) is 1. The lowest BCUT2D eigenvalue weighted by Gasteiger charge is -2.21. The van der Waals surface area contributed by atoms with Crippen molar-refractivity contribution in [1.82, 2.24) is 25.7 Å². The maximum absolute atomic E-state index is 12.8. The first kappa shape index (κ1) is 23.8. The van der Waals surface area contributed by atoms with Crippen molar-refractivity contribution in [3.8, 4) is 34.7 Å². The van der Waals surface area contributed by atoms with E-state index in [0.717, 1.165) is 49.0 Å². The molecule has 9 nitrogen and oxygen atoms in total. The molecule has 2 aliphatic rings. The highest BCUT2D eigenvalue weighted by Gasteiger charge is 2.31. The summed E-state index contributed by atoms with van der Waals surface area (Å²) >= 11 is 0. The monoisotopic (exact) mass is 486 g/mol. The maximum Gasteiger partial charge on any atom is 0.317 e. The van der Waals surface area contributed by atoms with Gasteiger partial charge in [-0.05, 0) is 69.5 Å². The number of nitrogens with one attached hydrogen (secondary N) is 2. The van der Waals surface area contributed by atoms with Crippen LogP contribution < -0.4 is 15.4 Å². The molecule has 1 fully saturated rings. The van der Waals surface area contributed by atoms with Crippen molar-refractivity contribution in [2.75, 3.05) is 20.1 Å². The van der Waals surface area contributed by atoms with Gasteiger partial charge in [-0.15, -0.1) is 0 Å². The number of likely N-dealkylation sites (N-methyl/N-ethyl adjacent to an activating group) is 1. The number of ether oxygens (including phenoxy) is 1. The first-order valence-corrected chi connectivity index (χ1v) is 12.4. The van der Waals surface area contributed by atoms with E-state index in [2.05, 4.69) is 32.9 Å². The molecule has 2 heterocycles. The first-order valence-electron chi connectivity index (χ1n) is 12.4. The van der Waals surface area contributed by atoms with Crippen LogP contribution in [0.25, 0.3) is 22.8 Å². The highest BCUT2D eigenvalue weighted by Crippen LogP contribution is 2.38.